The Morgan fingerprint density at radius 3 is 2.95 bits per heavy atom. The van der Waals surface area contributed by atoms with Gasteiger partial charge >= 0.3 is 0 Å². The molecule has 110 valence electrons. The third-order valence-electron chi connectivity index (χ3n) is 5.06. The summed E-state index contributed by atoms with van der Waals surface area (Å²) in [6.45, 7) is 4.33. The molecule has 20 heavy (non-hydrogen) atoms. The summed E-state index contributed by atoms with van der Waals surface area (Å²) in [5, 5.41) is 9.67. The lowest BCUT2D eigenvalue weighted by atomic mass is 9.82. The van der Waals surface area contributed by atoms with Gasteiger partial charge < -0.3 is 5.11 Å². The molecule has 1 aliphatic heterocycles. The Balaban J connectivity index is 1.69. The van der Waals surface area contributed by atoms with Crippen molar-refractivity contribution in [3.8, 4) is 0 Å². The van der Waals surface area contributed by atoms with E-state index < -0.39 is 0 Å². The van der Waals surface area contributed by atoms with Gasteiger partial charge in [0.1, 0.15) is 0 Å². The summed E-state index contributed by atoms with van der Waals surface area (Å²) < 4.78 is 0. The van der Waals surface area contributed by atoms with Crippen molar-refractivity contribution in [1.82, 2.24) is 4.90 Å². The molecule has 1 heterocycles. The third-order valence-corrected chi connectivity index (χ3v) is 5.06. The van der Waals surface area contributed by atoms with Crippen LogP contribution < -0.4 is 0 Å². The molecule has 2 heteroatoms. The summed E-state index contributed by atoms with van der Waals surface area (Å²) in [5.41, 5.74) is 3.15. The number of aliphatic hydroxyl groups excluding tert-OH is 1. The minimum atomic E-state index is -0.167. The van der Waals surface area contributed by atoms with Crippen molar-refractivity contribution in [3.63, 3.8) is 0 Å². The first kappa shape index (κ1) is 14.1. The molecule has 0 bridgehead atoms. The highest BCUT2D eigenvalue weighted by Crippen LogP contribution is 2.34. The van der Waals surface area contributed by atoms with Crippen LogP contribution >= 0.6 is 0 Å². The molecule has 3 rings (SSSR count). The van der Waals surface area contributed by atoms with E-state index in [4.69, 9.17) is 0 Å². The van der Waals surface area contributed by atoms with Gasteiger partial charge in [0.25, 0.3) is 0 Å². The molecule has 0 radical (unpaired) electrons. The second-order valence-electron chi connectivity index (χ2n) is 6.66. The second kappa shape index (κ2) is 6.28. The van der Waals surface area contributed by atoms with Crippen LogP contribution in [-0.2, 0) is 6.42 Å². The Labute approximate surface area is 122 Å². The number of rotatable bonds is 4. The van der Waals surface area contributed by atoms with E-state index in [9.17, 15) is 5.11 Å². The zero-order chi connectivity index (χ0) is 13.9. The first-order chi connectivity index (χ1) is 9.74. The highest BCUT2D eigenvalue weighted by atomic mass is 16.3. The predicted molar refractivity (Wildman–Crippen MR) is 83.0 cm³/mol. The van der Waals surface area contributed by atoms with E-state index in [0.717, 1.165) is 6.42 Å². The zero-order valence-corrected chi connectivity index (χ0v) is 12.6. The van der Waals surface area contributed by atoms with Crippen molar-refractivity contribution >= 4 is 0 Å². The van der Waals surface area contributed by atoms with Crippen molar-refractivity contribution in [2.75, 3.05) is 13.1 Å². The molecule has 0 amide bonds. The van der Waals surface area contributed by atoms with Crippen LogP contribution in [0.2, 0.25) is 0 Å². The van der Waals surface area contributed by atoms with Gasteiger partial charge in [0.15, 0.2) is 0 Å². The van der Waals surface area contributed by atoms with Crippen LogP contribution in [0.15, 0.2) is 24.3 Å². The van der Waals surface area contributed by atoms with Gasteiger partial charge in [0, 0.05) is 12.6 Å². The van der Waals surface area contributed by atoms with Gasteiger partial charge in [-0.25, -0.2) is 0 Å². The van der Waals surface area contributed by atoms with E-state index in [2.05, 4.69) is 29.2 Å². The minimum absolute atomic E-state index is 0.167. The topological polar surface area (TPSA) is 23.5 Å². The van der Waals surface area contributed by atoms with Gasteiger partial charge in [0.2, 0.25) is 0 Å². The highest BCUT2D eigenvalue weighted by molar-refractivity contribution is 5.32. The van der Waals surface area contributed by atoms with Gasteiger partial charge in [-0.15, -0.1) is 0 Å². The second-order valence-corrected chi connectivity index (χ2v) is 6.66. The average molecular weight is 273 g/mol. The molecule has 2 aliphatic rings. The fraction of sp³-hybridized carbons (Fsp3) is 0.667. The van der Waals surface area contributed by atoms with Gasteiger partial charge in [-0.3, -0.25) is 4.90 Å². The highest BCUT2D eigenvalue weighted by Gasteiger charge is 2.29. The first-order valence-corrected chi connectivity index (χ1v) is 8.24. The third kappa shape index (κ3) is 3.07. The van der Waals surface area contributed by atoms with E-state index in [1.54, 1.807) is 11.1 Å². The Bertz CT molecular complexity index is 443. The van der Waals surface area contributed by atoms with Gasteiger partial charge in [-0.1, -0.05) is 24.3 Å². The summed E-state index contributed by atoms with van der Waals surface area (Å²) in [6.07, 6.45) is 7.24. The standard InChI is InChI=1S/C18H27NO/c1-14(20)12-17-9-5-11-19(17)13-16-8-4-7-15-6-2-3-10-18(15)16/h2-3,6,10,14,16-17,20H,4-5,7-9,11-13H2,1H3. The molecule has 1 aromatic rings. The Morgan fingerprint density at radius 1 is 1.25 bits per heavy atom. The fourth-order valence-corrected chi connectivity index (χ4v) is 4.12. The van der Waals surface area contributed by atoms with Crippen molar-refractivity contribution < 1.29 is 5.11 Å². The molecule has 1 fully saturated rings. The minimum Gasteiger partial charge on any atom is -0.393 e. The van der Waals surface area contributed by atoms with Crippen LogP contribution in [0.4, 0.5) is 0 Å². The Hall–Kier alpha value is -0.860. The van der Waals surface area contributed by atoms with Crippen LogP contribution in [0.3, 0.4) is 0 Å². The quantitative estimate of drug-likeness (QED) is 0.909. The number of benzene rings is 1. The maximum absolute atomic E-state index is 9.67. The molecule has 1 aliphatic carbocycles. The van der Waals surface area contributed by atoms with Crippen molar-refractivity contribution in [2.24, 2.45) is 0 Å². The molecule has 3 unspecified atom stereocenters. The number of fused-ring (bicyclic) bond motifs is 1. The molecule has 1 aromatic carbocycles. The predicted octanol–water partition coefficient (Wildman–Crippen LogP) is 3.34. The first-order valence-electron chi connectivity index (χ1n) is 8.24. The van der Waals surface area contributed by atoms with E-state index in [-0.39, 0.29) is 6.10 Å². The summed E-state index contributed by atoms with van der Waals surface area (Å²) in [6, 6.07) is 9.60. The van der Waals surface area contributed by atoms with Crippen molar-refractivity contribution in [2.45, 2.75) is 63.5 Å². The van der Waals surface area contributed by atoms with Crippen LogP contribution in [-0.4, -0.2) is 35.2 Å². The molecule has 0 aromatic heterocycles. The Morgan fingerprint density at radius 2 is 2.10 bits per heavy atom. The van der Waals surface area contributed by atoms with Crippen molar-refractivity contribution in [3.05, 3.63) is 35.4 Å². The average Bonchev–Trinajstić information content (AvgIpc) is 2.86. The lowest BCUT2D eigenvalue weighted by Crippen LogP contribution is -2.36. The number of hydrogen-bond acceptors (Lipinski definition) is 2. The molecule has 3 atom stereocenters. The molecule has 0 spiro atoms. The number of likely N-dealkylation sites (tertiary alicyclic amines) is 1. The number of aliphatic hydroxyl groups is 1. The molecule has 1 saturated heterocycles. The van der Waals surface area contributed by atoms with Crippen LogP contribution in [0.5, 0.6) is 0 Å². The smallest absolute Gasteiger partial charge is 0.0527 e. The van der Waals surface area contributed by atoms with Crippen molar-refractivity contribution in [1.29, 1.82) is 0 Å². The lowest BCUT2D eigenvalue weighted by molar-refractivity contribution is 0.129. The monoisotopic (exact) mass is 273 g/mol. The molecular formula is C18H27NO. The van der Waals surface area contributed by atoms with Gasteiger partial charge in [-0.2, -0.15) is 0 Å². The summed E-state index contributed by atoms with van der Waals surface area (Å²) in [4.78, 5) is 2.64. The van der Waals surface area contributed by atoms with Gasteiger partial charge in [-0.05, 0) is 69.0 Å². The van der Waals surface area contributed by atoms with Crippen LogP contribution in [0.25, 0.3) is 0 Å². The fourth-order valence-electron chi connectivity index (χ4n) is 4.12. The molecular weight excluding hydrogens is 246 g/mol. The molecule has 0 saturated carbocycles. The van der Waals surface area contributed by atoms with E-state index in [1.165, 1.54) is 45.2 Å². The summed E-state index contributed by atoms with van der Waals surface area (Å²) in [5.74, 6) is 0.703. The normalized spacial score (nSPS) is 28.3. The molecule has 1 N–H and O–H groups in total. The maximum Gasteiger partial charge on any atom is 0.0527 e. The number of aryl methyl sites for hydroxylation is 1. The number of nitrogens with zero attached hydrogens (tertiary/aromatic N) is 1. The Kier molecular flexibility index (Phi) is 4.42. The van der Waals surface area contributed by atoms with Crippen LogP contribution in [0, 0.1) is 0 Å². The SMILES string of the molecule is CC(O)CC1CCCN1CC1CCCc2ccccc21. The summed E-state index contributed by atoms with van der Waals surface area (Å²) in [7, 11) is 0. The maximum atomic E-state index is 9.67. The van der Waals surface area contributed by atoms with Gasteiger partial charge in [0.05, 0.1) is 6.10 Å². The number of hydrogen-bond donors (Lipinski definition) is 1. The van der Waals surface area contributed by atoms with E-state index in [0.29, 0.717) is 12.0 Å². The van der Waals surface area contributed by atoms with Crippen LogP contribution in [0.1, 0.15) is 56.1 Å². The summed E-state index contributed by atoms with van der Waals surface area (Å²) >= 11 is 0. The van der Waals surface area contributed by atoms with E-state index >= 15 is 0 Å². The van der Waals surface area contributed by atoms with E-state index in [1.807, 2.05) is 6.92 Å². The lowest BCUT2D eigenvalue weighted by Gasteiger charge is -2.33. The largest absolute Gasteiger partial charge is 0.393 e. The molecule has 2 nitrogen and oxygen atoms in total. The zero-order valence-electron chi connectivity index (χ0n) is 12.6.